The van der Waals surface area contributed by atoms with Crippen molar-refractivity contribution in [1.82, 2.24) is 5.32 Å². The molecular weight excluding hydrogens is 134 g/mol. The van der Waals surface area contributed by atoms with E-state index in [9.17, 15) is 0 Å². The van der Waals surface area contributed by atoms with Crippen LogP contribution in [0.15, 0.2) is 12.2 Å². The molecule has 0 aromatic rings. The fourth-order valence-electron chi connectivity index (χ4n) is 1.28. The second-order valence-electron chi connectivity index (χ2n) is 2.90. The lowest BCUT2D eigenvalue weighted by atomic mass is 10.2. The number of hydrogen-bond acceptors (Lipinski definition) is 1. The van der Waals surface area contributed by atoms with Gasteiger partial charge in [0.25, 0.3) is 0 Å². The SMILES string of the molecule is C#CCCCNC1CC=CC1. The molecule has 0 radical (unpaired) electrons. The highest BCUT2D eigenvalue weighted by atomic mass is 14.9. The summed E-state index contributed by atoms with van der Waals surface area (Å²) in [7, 11) is 0. The van der Waals surface area contributed by atoms with Gasteiger partial charge >= 0.3 is 0 Å². The van der Waals surface area contributed by atoms with Gasteiger partial charge < -0.3 is 5.32 Å². The maximum Gasteiger partial charge on any atom is 0.0136 e. The molecule has 0 unspecified atom stereocenters. The highest BCUT2D eigenvalue weighted by molar-refractivity contribution is 4.97. The van der Waals surface area contributed by atoms with Gasteiger partial charge in [-0.2, -0.15) is 0 Å². The molecule has 0 aromatic heterocycles. The average molecular weight is 149 g/mol. The molecular formula is C10H15N. The zero-order chi connectivity index (χ0) is 7.94. The number of hydrogen-bond donors (Lipinski definition) is 1. The Bertz CT molecular complexity index is 156. The van der Waals surface area contributed by atoms with Crippen LogP contribution in [0, 0.1) is 12.3 Å². The van der Waals surface area contributed by atoms with Crippen molar-refractivity contribution in [1.29, 1.82) is 0 Å². The molecule has 0 fully saturated rings. The van der Waals surface area contributed by atoms with Crippen molar-refractivity contribution in [3.63, 3.8) is 0 Å². The molecule has 0 atom stereocenters. The molecule has 0 aliphatic heterocycles. The Kier molecular flexibility index (Phi) is 3.79. The zero-order valence-electron chi connectivity index (χ0n) is 6.84. The predicted molar refractivity (Wildman–Crippen MR) is 48.2 cm³/mol. The Morgan fingerprint density at radius 1 is 1.45 bits per heavy atom. The summed E-state index contributed by atoms with van der Waals surface area (Å²) in [5, 5.41) is 3.46. The van der Waals surface area contributed by atoms with Crippen LogP contribution in [0.5, 0.6) is 0 Å². The highest BCUT2D eigenvalue weighted by Gasteiger charge is 2.07. The largest absolute Gasteiger partial charge is 0.313 e. The molecule has 1 heteroatoms. The Labute approximate surface area is 68.9 Å². The maximum atomic E-state index is 5.13. The molecule has 60 valence electrons. The molecule has 0 bridgehead atoms. The molecule has 0 amide bonds. The van der Waals surface area contributed by atoms with Crippen LogP contribution in [0.4, 0.5) is 0 Å². The lowest BCUT2D eigenvalue weighted by Gasteiger charge is -2.10. The summed E-state index contributed by atoms with van der Waals surface area (Å²) in [6, 6.07) is 0.688. The number of nitrogens with one attached hydrogen (secondary N) is 1. The third-order valence-electron chi connectivity index (χ3n) is 1.94. The minimum Gasteiger partial charge on any atom is -0.313 e. The summed E-state index contributed by atoms with van der Waals surface area (Å²) in [6.45, 7) is 1.07. The van der Waals surface area contributed by atoms with Crippen LogP contribution in [-0.4, -0.2) is 12.6 Å². The summed E-state index contributed by atoms with van der Waals surface area (Å²) in [4.78, 5) is 0. The second kappa shape index (κ2) is 4.98. The lowest BCUT2D eigenvalue weighted by molar-refractivity contribution is 0.531. The van der Waals surface area contributed by atoms with Crippen LogP contribution in [-0.2, 0) is 0 Å². The molecule has 1 rings (SSSR count). The Morgan fingerprint density at radius 2 is 2.18 bits per heavy atom. The van der Waals surface area contributed by atoms with E-state index in [-0.39, 0.29) is 0 Å². The van der Waals surface area contributed by atoms with Crippen molar-refractivity contribution in [2.45, 2.75) is 31.7 Å². The maximum absolute atomic E-state index is 5.13. The topological polar surface area (TPSA) is 12.0 Å². The fourth-order valence-corrected chi connectivity index (χ4v) is 1.28. The molecule has 1 nitrogen and oxygen atoms in total. The summed E-state index contributed by atoms with van der Waals surface area (Å²) in [5.41, 5.74) is 0. The smallest absolute Gasteiger partial charge is 0.0136 e. The first-order chi connectivity index (χ1) is 5.43. The predicted octanol–water partition coefficient (Wildman–Crippen LogP) is 1.71. The third-order valence-corrected chi connectivity index (χ3v) is 1.94. The minimum absolute atomic E-state index is 0.688. The molecule has 1 N–H and O–H groups in total. The Hall–Kier alpha value is -0.740. The van der Waals surface area contributed by atoms with E-state index in [1.807, 2.05) is 0 Å². The van der Waals surface area contributed by atoms with Gasteiger partial charge in [-0.15, -0.1) is 12.3 Å². The minimum atomic E-state index is 0.688. The first-order valence-corrected chi connectivity index (χ1v) is 4.25. The van der Waals surface area contributed by atoms with Crippen LogP contribution in [0.3, 0.4) is 0 Å². The van der Waals surface area contributed by atoms with E-state index in [4.69, 9.17) is 6.42 Å². The van der Waals surface area contributed by atoms with Crippen molar-refractivity contribution in [3.05, 3.63) is 12.2 Å². The first kappa shape index (κ1) is 8.36. The monoisotopic (exact) mass is 149 g/mol. The van der Waals surface area contributed by atoms with Gasteiger partial charge in [0.1, 0.15) is 0 Å². The number of unbranched alkanes of at least 4 members (excludes halogenated alkanes) is 1. The third kappa shape index (κ3) is 3.25. The number of terminal acetylenes is 1. The van der Waals surface area contributed by atoms with E-state index in [0.29, 0.717) is 6.04 Å². The molecule has 0 spiro atoms. The van der Waals surface area contributed by atoms with Crippen LogP contribution < -0.4 is 5.32 Å². The van der Waals surface area contributed by atoms with Gasteiger partial charge in [-0.3, -0.25) is 0 Å². The van der Waals surface area contributed by atoms with E-state index in [2.05, 4.69) is 23.4 Å². The molecule has 1 aliphatic rings. The Morgan fingerprint density at radius 3 is 2.82 bits per heavy atom. The molecule has 0 saturated heterocycles. The lowest BCUT2D eigenvalue weighted by Crippen LogP contribution is -2.27. The van der Waals surface area contributed by atoms with Gasteiger partial charge in [0.05, 0.1) is 0 Å². The summed E-state index contributed by atoms with van der Waals surface area (Å²) < 4.78 is 0. The van der Waals surface area contributed by atoms with Gasteiger partial charge in [-0.25, -0.2) is 0 Å². The van der Waals surface area contributed by atoms with Gasteiger partial charge in [0, 0.05) is 12.5 Å². The number of rotatable bonds is 4. The molecule has 0 saturated carbocycles. The normalized spacial score (nSPS) is 17.0. The second-order valence-corrected chi connectivity index (χ2v) is 2.90. The van der Waals surface area contributed by atoms with Crippen molar-refractivity contribution >= 4 is 0 Å². The van der Waals surface area contributed by atoms with E-state index < -0.39 is 0 Å². The molecule has 1 aliphatic carbocycles. The van der Waals surface area contributed by atoms with Gasteiger partial charge in [-0.1, -0.05) is 12.2 Å². The quantitative estimate of drug-likeness (QED) is 0.364. The van der Waals surface area contributed by atoms with Crippen molar-refractivity contribution in [2.75, 3.05) is 6.54 Å². The van der Waals surface area contributed by atoms with E-state index in [1.54, 1.807) is 0 Å². The highest BCUT2D eigenvalue weighted by Crippen LogP contribution is 2.08. The summed E-state index contributed by atoms with van der Waals surface area (Å²) in [5.74, 6) is 2.64. The van der Waals surface area contributed by atoms with Gasteiger partial charge in [-0.05, 0) is 25.8 Å². The van der Waals surface area contributed by atoms with Crippen LogP contribution in [0.2, 0.25) is 0 Å². The fraction of sp³-hybridized carbons (Fsp3) is 0.600. The van der Waals surface area contributed by atoms with E-state index >= 15 is 0 Å². The molecule has 11 heavy (non-hydrogen) atoms. The molecule has 0 heterocycles. The molecule has 0 aromatic carbocycles. The average Bonchev–Trinajstić information content (AvgIpc) is 2.50. The van der Waals surface area contributed by atoms with Crippen molar-refractivity contribution in [3.8, 4) is 12.3 Å². The Balaban J connectivity index is 1.92. The van der Waals surface area contributed by atoms with Crippen LogP contribution >= 0.6 is 0 Å². The van der Waals surface area contributed by atoms with E-state index in [1.165, 1.54) is 12.8 Å². The van der Waals surface area contributed by atoms with Crippen LogP contribution in [0.1, 0.15) is 25.7 Å². The van der Waals surface area contributed by atoms with Gasteiger partial charge in [0.15, 0.2) is 0 Å². The van der Waals surface area contributed by atoms with Crippen molar-refractivity contribution < 1.29 is 0 Å². The zero-order valence-corrected chi connectivity index (χ0v) is 6.84. The first-order valence-electron chi connectivity index (χ1n) is 4.25. The van der Waals surface area contributed by atoms with E-state index in [0.717, 1.165) is 19.4 Å². The van der Waals surface area contributed by atoms with Crippen molar-refractivity contribution in [2.24, 2.45) is 0 Å². The van der Waals surface area contributed by atoms with Gasteiger partial charge in [0.2, 0.25) is 0 Å². The summed E-state index contributed by atoms with van der Waals surface area (Å²) >= 11 is 0. The summed E-state index contributed by atoms with van der Waals surface area (Å²) in [6.07, 6.45) is 14.0. The van der Waals surface area contributed by atoms with Crippen LogP contribution in [0.25, 0.3) is 0 Å². The standard InChI is InChI=1S/C10H15N/c1-2-3-6-9-11-10-7-4-5-8-10/h1,4-5,10-11H,3,6-9H2.